The van der Waals surface area contributed by atoms with Crippen LogP contribution in [0.3, 0.4) is 0 Å². The number of nitrogens with zero attached hydrogens (tertiary/aromatic N) is 2. The summed E-state index contributed by atoms with van der Waals surface area (Å²) in [5, 5.41) is 7.57. The van der Waals surface area contributed by atoms with E-state index < -0.39 is 0 Å². The maximum Gasteiger partial charge on any atom is 0.0166 e. The Morgan fingerprint density at radius 2 is 0.981 bits per heavy atom. The van der Waals surface area contributed by atoms with Crippen LogP contribution in [0.5, 0.6) is 0 Å². The van der Waals surface area contributed by atoms with Crippen molar-refractivity contribution in [2.75, 3.05) is 0 Å². The summed E-state index contributed by atoms with van der Waals surface area (Å²) in [7, 11) is 0. The Morgan fingerprint density at radius 3 is 1.57 bits per heavy atom. The molecule has 8 aromatic rings. The molecule has 54 heavy (non-hydrogen) atoms. The van der Waals surface area contributed by atoms with Crippen LogP contribution in [0.15, 0.2) is 128 Å². The second kappa shape index (κ2) is 15.4. The van der Waals surface area contributed by atoms with Crippen molar-refractivity contribution in [3.63, 3.8) is 0 Å². The van der Waals surface area contributed by atoms with Crippen LogP contribution >= 0.6 is 0 Å². The van der Waals surface area contributed by atoms with Crippen LogP contribution in [-0.2, 0) is 30.9 Å². The molecule has 0 amide bonds. The molecule has 2 aromatic heterocycles. The third-order valence-corrected chi connectivity index (χ3v) is 10.2. The molecular weight excluding hydrogens is 833 g/mol. The molecule has 0 fully saturated rings. The molecule has 0 saturated carbocycles. The summed E-state index contributed by atoms with van der Waals surface area (Å²) in [6.07, 6.45) is 3.81. The Bertz CT molecular complexity index is 2510. The summed E-state index contributed by atoms with van der Waals surface area (Å²) < 4.78 is 0. The molecule has 3 heteroatoms. The van der Waals surface area contributed by atoms with Gasteiger partial charge in [0.25, 0.3) is 0 Å². The smallest absolute Gasteiger partial charge is 0.0166 e. The van der Waals surface area contributed by atoms with Crippen molar-refractivity contribution in [3.05, 3.63) is 168 Å². The van der Waals surface area contributed by atoms with E-state index in [1.54, 1.807) is 0 Å². The Balaban J connectivity index is 0.000000205. The van der Waals surface area contributed by atoms with Crippen LogP contribution in [0.2, 0.25) is 0 Å². The van der Waals surface area contributed by atoms with Crippen molar-refractivity contribution in [2.24, 2.45) is 0 Å². The van der Waals surface area contributed by atoms with Crippen molar-refractivity contribution >= 4 is 32.3 Å². The molecule has 0 spiro atoms. The van der Waals surface area contributed by atoms with Gasteiger partial charge >= 0.3 is 0 Å². The van der Waals surface area contributed by atoms with E-state index in [0.29, 0.717) is 0 Å². The van der Waals surface area contributed by atoms with Crippen LogP contribution in [-0.4, -0.2) is 9.97 Å². The van der Waals surface area contributed by atoms with E-state index >= 15 is 0 Å². The zero-order chi connectivity index (χ0) is 37.5. The molecular formula is C51H48IrN2-2. The summed E-state index contributed by atoms with van der Waals surface area (Å²) in [5.74, 6) is 0. The van der Waals surface area contributed by atoms with E-state index in [1.807, 2.05) is 18.5 Å². The van der Waals surface area contributed by atoms with Gasteiger partial charge in [0.05, 0.1) is 0 Å². The molecule has 0 aliphatic carbocycles. The molecule has 0 aliphatic heterocycles. The summed E-state index contributed by atoms with van der Waals surface area (Å²) in [4.78, 5) is 9.25. The fourth-order valence-corrected chi connectivity index (χ4v) is 7.48. The number of aryl methyl sites for hydroxylation is 3. The average Bonchev–Trinajstić information content (AvgIpc) is 3.14. The van der Waals surface area contributed by atoms with E-state index in [9.17, 15) is 0 Å². The minimum absolute atomic E-state index is 0. The average molecular weight is 881 g/mol. The number of rotatable bonds is 3. The molecule has 273 valence electrons. The van der Waals surface area contributed by atoms with Crippen LogP contribution in [0.4, 0.5) is 0 Å². The Hall–Kier alpha value is -4.95. The van der Waals surface area contributed by atoms with Crippen molar-refractivity contribution in [1.82, 2.24) is 9.97 Å². The van der Waals surface area contributed by atoms with E-state index in [0.717, 1.165) is 22.5 Å². The molecule has 0 bridgehead atoms. The summed E-state index contributed by atoms with van der Waals surface area (Å²) in [5.41, 5.74) is 13.3. The van der Waals surface area contributed by atoms with Crippen molar-refractivity contribution in [1.29, 1.82) is 0 Å². The molecule has 0 aliphatic rings. The van der Waals surface area contributed by atoms with Crippen molar-refractivity contribution in [2.45, 2.75) is 73.1 Å². The van der Waals surface area contributed by atoms with Crippen LogP contribution in [0, 0.1) is 32.9 Å². The molecule has 0 unspecified atom stereocenters. The summed E-state index contributed by atoms with van der Waals surface area (Å²) in [6.45, 7) is 19.9. The number of pyridine rings is 2. The number of hydrogen-bond donors (Lipinski definition) is 0. The van der Waals surface area contributed by atoms with Gasteiger partial charge in [-0.15, -0.1) is 59.2 Å². The number of aromatic nitrogens is 2. The van der Waals surface area contributed by atoms with Gasteiger partial charge in [0, 0.05) is 32.5 Å². The zero-order valence-corrected chi connectivity index (χ0v) is 35.2. The Labute approximate surface area is 335 Å². The molecule has 8 rings (SSSR count). The fourth-order valence-electron chi connectivity index (χ4n) is 7.48. The van der Waals surface area contributed by atoms with Crippen molar-refractivity contribution in [3.8, 4) is 33.6 Å². The quantitative estimate of drug-likeness (QED) is 0.131. The van der Waals surface area contributed by atoms with Gasteiger partial charge in [-0.1, -0.05) is 136 Å². The van der Waals surface area contributed by atoms with E-state index in [4.69, 9.17) is 4.98 Å². The predicted octanol–water partition coefficient (Wildman–Crippen LogP) is 13.7. The monoisotopic (exact) mass is 881 g/mol. The summed E-state index contributed by atoms with van der Waals surface area (Å²) >= 11 is 0. The largest absolute Gasteiger partial charge is 0.305 e. The van der Waals surface area contributed by atoms with E-state index in [2.05, 4.69) is 189 Å². The molecule has 2 nitrogen and oxygen atoms in total. The second-order valence-electron chi connectivity index (χ2n) is 16.4. The van der Waals surface area contributed by atoms with Gasteiger partial charge in [0.1, 0.15) is 0 Å². The SMILES string of the molecule is CC(C)(C)c1cc[c-]c(-c2cc(C(C)(C)C)ccn2)c1.Cc1cc(C)c(-c2ccnc(-c3[c-]cc4c5ccccc5c5ccccc5c4c3)c2)c(C)c1.[Ir]. The maximum atomic E-state index is 4.73. The van der Waals surface area contributed by atoms with Gasteiger partial charge in [-0.3, -0.25) is 0 Å². The third-order valence-electron chi connectivity index (χ3n) is 10.2. The molecule has 6 aromatic carbocycles. The van der Waals surface area contributed by atoms with Gasteiger partial charge in [0.15, 0.2) is 0 Å². The molecule has 1 radical (unpaired) electrons. The number of hydrogen-bond acceptors (Lipinski definition) is 2. The van der Waals surface area contributed by atoms with Crippen LogP contribution < -0.4 is 0 Å². The topological polar surface area (TPSA) is 25.8 Å². The van der Waals surface area contributed by atoms with Gasteiger partial charge in [0.2, 0.25) is 0 Å². The molecule has 0 atom stereocenters. The van der Waals surface area contributed by atoms with Crippen LogP contribution in [0.1, 0.15) is 69.4 Å². The van der Waals surface area contributed by atoms with E-state index in [1.165, 1.54) is 71.3 Å². The zero-order valence-electron chi connectivity index (χ0n) is 32.9. The summed E-state index contributed by atoms with van der Waals surface area (Å²) in [6, 6.07) is 48.0. The first kappa shape index (κ1) is 38.8. The standard InChI is InChI=1S/C32H24N.C19H24N.Ir/c1-20-16-21(2)32(22(3)17-20)24-14-15-33-31(19-24)23-12-13-29-27-10-5-4-8-25(27)26-9-6-7-11-28(26)30(29)18-23;1-18(2,3)15-9-7-8-14(12-15)17-13-16(10-11-20-17)19(4,5)6;/h4-11,13-19H,1-3H3;7,9-13H,1-6H3;/q2*-1;. The van der Waals surface area contributed by atoms with Gasteiger partial charge < -0.3 is 9.97 Å². The molecule has 0 saturated heterocycles. The van der Waals surface area contributed by atoms with Gasteiger partial charge in [-0.05, 0) is 99.1 Å². The van der Waals surface area contributed by atoms with Gasteiger partial charge in [-0.25, -0.2) is 0 Å². The van der Waals surface area contributed by atoms with Gasteiger partial charge in [-0.2, -0.15) is 0 Å². The third kappa shape index (κ3) is 7.95. The number of fused-ring (bicyclic) bond motifs is 6. The van der Waals surface area contributed by atoms with Crippen LogP contribution in [0.25, 0.3) is 66.0 Å². The number of benzene rings is 6. The second-order valence-corrected chi connectivity index (χ2v) is 16.4. The first-order valence-corrected chi connectivity index (χ1v) is 18.6. The molecule has 2 heterocycles. The van der Waals surface area contributed by atoms with Crippen molar-refractivity contribution < 1.29 is 20.1 Å². The first-order valence-electron chi connectivity index (χ1n) is 18.6. The predicted molar refractivity (Wildman–Crippen MR) is 227 cm³/mol. The minimum atomic E-state index is 0. The fraction of sp³-hybridized carbons (Fsp3) is 0.216. The maximum absolute atomic E-state index is 4.73. The minimum Gasteiger partial charge on any atom is -0.305 e. The Kier molecular flexibility index (Phi) is 11.1. The molecule has 0 N–H and O–H groups in total. The Morgan fingerprint density at radius 1 is 0.481 bits per heavy atom. The first-order chi connectivity index (χ1) is 25.3. The normalized spacial score (nSPS) is 11.6. The van der Waals surface area contributed by atoms with E-state index in [-0.39, 0.29) is 30.9 Å².